The average molecular weight is 274 g/mol. The van der Waals surface area contributed by atoms with Crippen molar-refractivity contribution in [3.63, 3.8) is 0 Å². The Morgan fingerprint density at radius 3 is 2.95 bits per heavy atom. The van der Waals surface area contributed by atoms with Gasteiger partial charge in [0.15, 0.2) is 0 Å². The molecule has 1 amide bonds. The fourth-order valence-electron chi connectivity index (χ4n) is 1.45. The third-order valence-electron chi connectivity index (χ3n) is 2.32. The number of rotatable bonds is 4. The van der Waals surface area contributed by atoms with Crippen LogP contribution in [-0.4, -0.2) is 22.4 Å². The van der Waals surface area contributed by atoms with Crippen LogP contribution in [-0.2, 0) is 0 Å². The molecule has 19 heavy (non-hydrogen) atoms. The smallest absolute Gasteiger partial charge is 0.269 e. The molecule has 0 radical (unpaired) electrons. The van der Waals surface area contributed by atoms with Gasteiger partial charge in [-0.25, -0.2) is 4.98 Å². The molecule has 2 aromatic rings. The summed E-state index contributed by atoms with van der Waals surface area (Å²) in [6.45, 7) is 2.44. The number of nitrogen functional groups attached to an aromatic ring is 1. The average Bonchev–Trinajstić information content (AvgIpc) is 2.42. The maximum atomic E-state index is 11.7. The monoisotopic (exact) mass is 274 g/mol. The highest BCUT2D eigenvalue weighted by Gasteiger charge is 2.08. The van der Waals surface area contributed by atoms with Crippen LogP contribution in [0.1, 0.15) is 17.4 Å². The van der Waals surface area contributed by atoms with E-state index in [-0.39, 0.29) is 5.91 Å². The first-order valence-corrected chi connectivity index (χ1v) is 6.65. The van der Waals surface area contributed by atoms with E-state index in [1.165, 1.54) is 11.8 Å². The Labute approximate surface area is 115 Å². The third kappa shape index (κ3) is 3.45. The Morgan fingerprint density at radius 1 is 1.37 bits per heavy atom. The molecular formula is C13H14N4OS. The van der Waals surface area contributed by atoms with Crippen molar-refractivity contribution < 1.29 is 4.79 Å². The van der Waals surface area contributed by atoms with E-state index < -0.39 is 0 Å². The van der Waals surface area contributed by atoms with Crippen molar-refractivity contribution in [1.82, 2.24) is 15.3 Å². The van der Waals surface area contributed by atoms with Crippen LogP contribution in [0.5, 0.6) is 0 Å². The van der Waals surface area contributed by atoms with Gasteiger partial charge in [-0.05, 0) is 31.2 Å². The first-order valence-electron chi connectivity index (χ1n) is 5.83. The van der Waals surface area contributed by atoms with Gasteiger partial charge in [0, 0.05) is 23.8 Å². The number of amides is 1. The summed E-state index contributed by atoms with van der Waals surface area (Å²) in [5, 5.41) is 3.43. The van der Waals surface area contributed by atoms with Crippen molar-refractivity contribution >= 4 is 23.4 Å². The minimum absolute atomic E-state index is 0.182. The van der Waals surface area contributed by atoms with Crippen LogP contribution in [0.4, 0.5) is 5.69 Å². The number of nitrogens with zero attached hydrogens (tertiary/aromatic N) is 2. The summed E-state index contributed by atoms with van der Waals surface area (Å²) < 4.78 is 0. The first kappa shape index (κ1) is 13.4. The van der Waals surface area contributed by atoms with Gasteiger partial charge in [0.05, 0.1) is 5.69 Å². The molecular weight excluding hydrogens is 260 g/mol. The van der Waals surface area contributed by atoms with E-state index in [0.29, 0.717) is 17.9 Å². The zero-order chi connectivity index (χ0) is 13.7. The Kier molecular flexibility index (Phi) is 4.35. The molecule has 0 aromatic carbocycles. The number of nitrogens with one attached hydrogen (secondary N) is 1. The first-order chi connectivity index (χ1) is 9.20. The zero-order valence-corrected chi connectivity index (χ0v) is 11.3. The molecule has 0 atom stereocenters. The van der Waals surface area contributed by atoms with Crippen LogP contribution in [0, 0.1) is 0 Å². The van der Waals surface area contributed by atoms with Gasteiger partial charge >= 0.3 is 0 Å². The molecule has 0 fully saturated rings. The van der Waals surface area contributed by atoms with Gasteiger partial charge in [0.2, 0.25) is 0 Å². The Morgan fingerprint density at radius 2 is 2.21 bits per heavy atom. The number of pyridine rings is 2. The molecule has 5 nitrogen and oxygen atoms in total. The minimum atomic E-state index is -0.182. The Balaban J connectivity index is 2.20. The van der Waals surface area contributed by atoms with Gasteiger partial charge in [0.25, 0.3) is 5.91 Å². The highest BCUT2D eigenvalue weighted by atomic mass is 32.2. The van der Waals surface area contributed by atoms with E-state index in [1.54, 1.807) is 30.6 Å². The van der Waals surface area contributed by atoms with E-state index in [4.69, 9.17) is 5.73 Å². The number of carbonyl (C=O) groups is 1. The molecule has 0 spiro atoms. The highest BCUT2D eigenvalue weighted by molar-refractivity contribution is 7.99. The third-order valence-corrected chi connectivity index (χ3v) is 3.34. The lowest BCUT2D eigenvalue weighted by atomic mass is 10.3. The van der Waals surface area contributed by atoms with Crippen LogP contribution >= 0.6 is 11.8 Å². The molecule has 98 valence electrons. The van der Waals surface area contributed by atoms with Crippen molar-refractivity contribution in [2.75, 3.05) is 12.3 Å². The molecule has 2 heterocycles. The highest BCUT2D eigenvalue weighted by Crippen LogP contribution is 2.29. The number of carbonyl (C=O) groups excluding carboxylic acids is 1. The fraction of sp³-hybridized carbons (Fsp3) is 0.154. The second kappa shape index (κ2) is 6.19. The van der Waals surface area contributed by atoms with E-state index in [0.717, 1.165) is 9.92 Å². The Hall–Kier alpha value is -2.08. The van der Waals surface area contributed by atoms with E-state index in [2.05, 4.69) is 15.3 Å². The largest absolute Gasteiger partial charge is 0.397 e. The number of aromatic nitrogens is 2. The molecule has 0 unspecified atom stereocenters. The van der Waals surface area contributed by atoms with Crippen molar-refractivity contribution in [3.8, 4) is 0 Å². The zero-order valence-electron chi connectivity index (χ0n) is 10.5. The van der Waals surface area contributed by atoms with Gasteiger partial charge in [-0.2, -0.15) is 0 Å². The van der Waals surface area contributed by atoms with Crippen molar-refractivity contribution in [1.29, 1.82) is 0 Å². The quantitative estimate of drug-likeness (QED) is 0.890. The summed E-state index contributed by atoms with van der Waals surface area (Å²) in [6.07, 6.45) is 3.29. The molecule has 0 aliphatic heterocycles. The summed E-state index contributed by atoms with van der Waals surface area (Å²) in [5.74, 6) is -0.182. The molecule has 0 saturated heterocycles. The van der Waals surface area contributed by atoms with Gasteiger partial charge in [-0.15, -0.1) is 0 Å². The number of hydrogen-bond donors (Lipinski definition) is 2. The second-order valence-corrected chi connectivity index (χ2v) is 4.80. The van der Waals surface area contributed by atoms with E-state index in [1.807, 2.05) is 13.0 Å². The standard InChI is InChI=1S/C13H14N4OS/c1-2-15-12(18)11-8-9(5-7-16-11)19-13-10(14)4-3-6-17-13/h3-8H,2,14H2,1H3,(H,15,18). The molecule has 0 bridgehead atoms. The van der Waals surface area contributed by atoms with Gasteiger partial charge < -0.3 is 11.1 Å². The summed E-state index contributed by atoms with van der Waals surface area (Å²) >= 11 is 1.41. The van der Waals surface area contributed by atoms with Crippen molar-refractivity contribution in [3.05, 3.63) is 42.4 Å². The number of anilines is 1. The maximum Gasteiger partial charge on any atom is 0.269 e. The normalized spacial score (nSPS) is 10.2. The molecule has 0 saturated carbocycles. The maximum absolute atomic E-state index is 11.7. The topological polar surface area (TPSA) is 80.9 Å². The summed E-state index contributed by atoms with van der Waals surface area (Å²) in [4.78, 5) is 20.8. The van der Waals surface area contributed by atoms with Crippen LogP contribution in [0.3, 0.4) is 0 Å². The summed E-state index contributed by atoms with van der Waals surface area (Å²) in [5.41, 5.74) is 6.84. The van der Waals surface area contributed by atoms with E-state index >= 15 is 0 Å². The van der Waals surface area contributed by atoms with Gasteiger partial charge in [-0.3, -0.25) is 9.78 Å². The number of hydrogen-bond acceptors (Lipinski definition) is 5. The molecule has 2 rings (SSSR count). The summed E-state index contributed by atoms with van der Waals surface area (Å²) in [6, 6.07) is 7.12. The Bertz CT molecular complexity index is 588. The second-order valence-electron chi connectivity index (χ2n) is 3.74. The fourth-order valence-corrected chi connectivity index (χ4v) is 2.27. The van der Waals surface area contributed by atoms with Crippen LogP contribution in [0.25, 0.3) is 0 Å². The molecule has 0 aliphatic carbocycles. The molecule has 3 N–H and O–H groups in total. The molecule has 0 aliphatic rings. The van der Waals surface area contributed by atoms with Crippen LogP contribution in [0.2, 0.25) is 0 Å². The lowest BCUT2D eigenvalue weighted by molar-refractivity contribution is 0.0950. The predicted molar refractivity (Wildman–Crippen MR) is 75.0 cm³/mol. The van der Waals surface area contributed by atoms with E-state index in [9.17, 15) is 4.79 Å². The lowest BCUT2D eigenvalue weighted by Gasteiger charge is -2.05. The SMILES string of the molecule is CCNC(=O)c1cc(Sc2ncccc2N)ccn1. The van der Waals surface area contributed by atoms with Gasteiger partial charge in [-0.1, -0.05) is 11.8 Å². The minimum Gasteiger partial charge on any atom is -0.397 e. The van der Waals surface area contributed by atoms with Crippen LogP contribution in [0.15, 0.2) is 46.6 Å². The predicted octanol–water partition coefficient (Wildman–Crippen LogP) is 1.96. The van der Waals surface area contributed by atoms with Crippen LogP contribution < -0.4 is 11.1 Å². The van der Waals surface area contributed by atoms with Crippen molar-refractivity contribution in [2.45, 2.75) is 16.8 Å². The van der Waals surface area contributed by atoms with Crippen molar-refractivity contribution in [2.24, 2.45) is 0 Å². The number of nitrogens with two attached hydrogens (primary N) is 1. The lowest BCUT2D eigenvalue weighted by Crippen LogP contribution is -2.23. The summed E-state index contributed by atoms with van der Waals surface area (Å²) in [7, 11) is 0. The molecule has 6 heteroatoms. The molecule has 2 aromatic heterocycles. The van der Waals surface area contributed by atoms with Gasteiger partial charge in [0.1, 0.15) is 10.7 Å².